The lowest BCUT2D eigenvalue weighted by molar-refractivity contribution is 0.631. The highest BCUT2D eigenvalue weighted by atomic mass is 19.1. The van der Waals surface area contributed by atoms with E-state index in [-0.39, 0.29) is 16.9 Å². The molecule has 0 saturated carbocycles. The number of hydrogen-bond donors (Lipinski definition) is 0. The Morgan fingerprint density at radius 1 is 1.29 bits per heavy atom. The summed E-state index contributed by atoms with van der Waals surface area (Å²) < 4.78 is 15.6. The van der Waals surface area contributed by atoms with E-state index in [2.05, 4.69) is 9.97 Å². The molecule has 3 aromatic rings. The van der Waals surface area contributed by atoms with Crippen molar-refractivity contribution in [2.45, 2.75) is 0 Å². The van der Waals surface area contributed by atoms with Crippen LogP contribution in [0.3, 0.4) is 0 Å². The maximum atomic E-state index is 14.2. The second kappa shape index (κ2) is 4.80. The molecule has 2 aromatic heterocycles. The van der Waals surface area contributed by atoms with Crippen molar-refractivity contribution < 1.29 is 4.39 Å². The molecular weight excluding hydrogens is 271 g/mol. The molecule has 0 aliphatic heterocycles. The van der Waals surface area contributed by atoms with Crippen molar-refractivity contribution in [1.82, 2.24) is 14.5 Å². The summed E-state index contributed by atoms with van der Waals surface area (Å²) in [6.07, 6.45) is 4.28. The van der Waals surface area contributed by atoms with E-state index in [9.17, 15) is 9.18 Å². The monoisotopic (exact) mass is 280 g/mol. The predicted molar refractivity (Wildman–Crippen MR) is 74.9 cm³/mol. The van der Waals surface area contributed by atoms with Gasteiger partial charge >= 0.3 is 0 Å². The highest BCUT2D eigenvalue weighted by molar-refractivity contribution is 5.85. The summed E-state index contributed by atoms with van der Waals surface area (Å²) in [7, 11) is 1.61. The maximum absolute atomic E-state index is 14.2. The summed E-state index contributed by atoms with van der Waals surface area (Å²) in [6.45, 7) is 0. The molecule has 0 bridgehead atoms. The molecule has 0 radical (unpaired) electrons. The fourth-order valence-corrected chi connectivity index (χ4v) is 2.06. The number of hydrogen-bond acceptors (Lipinski definition) is 4. The lowest BCUT2D eigenvalue weighted by Gasteiger charge is -2.06. The Hall–Kier alpha value is -3.07. The molecule has 21 heavy (non-hydrogen) atoms. The number of nitriles is 1. The van der Waals surface area contributed by atoms with E-state index in [0.717, 1.165) is 0 Å². The minimum absolute atomic E-state index is 0.175. The average Bonchev–Trinajstić information content (AvgIpc) is 2.51. The quantitative estimate of drug-likeness (QED) is 0.683. The van der Waals surface area contributed by atoms with Crippen molar-refractivity contribution in [3.8, 4) is 17.5 Å². The van der Waals surface area contributed by atoms with Crippen LogP contribution in [0, 0.1) is 17.1 Å². The van der Waals surface area contributed by atoms with E-state index in [0.29, 0.717) is 16.3 Å². The van der Waals surface area contributed by atoms with Gasteiger partial charge in [0.1, 0.15) is 11.9 Å². The molecule has 102 valence electrons. The first-order valence-corrected chi connectivity index (χ1v) is 6.11. The molecule has 0 spiro atoms. The third-order valence-electron chi connectivity index (χ3n) is 3.19. The van der Waals surface area contributed by atoms with Gasteiger partial charge in [0, 0.05) is 25.6 Å². The van der Waals surface area contributed by atoms with Gasteiger partial charge in [-0.15, -0.1) is 0 Å². The minimum atomic E-state index is -0.574. The van der Waals surface area contributed by atoms with Crippen molar-refractivity contribution in [2.75, 3.05) is 0 Å². The maximum Gasteiger partial charge on any atom is 0.258 e. The molecular formula is C15H9FN4O. The van der Waals surface area contributed by atoms with Crippen molar-refractivity contribution in [3.63, 3.8) is 0 Å². The summed E-state index contributed by atoms with van der Waals surface area (Å²) in [5, 5.41) is 9.62. The molecule has 0 atom stereocenters. The molecule has 1 aromatic carbocycles. The number of aryl methyl sites for hydroxylation is 1. The molecule has 6 heteroatoms. The highest BCUT2D eigenvalue weighted by Gasteiger charge is 2.12. The number of nitrogens with zero attached hydrogens (tertiary/aromatic N) is 4. The fraction of sp³-hybridized carbons (Fsp3) is 0.0667. The highest BCUT2D eigenvalue weighted by Crippen LogP contribution is 2.23. The van der Waals surface area contributed by atoms with Crippen molar-refractivity contribution in [2.24, 2.45) is 7.05 Å². The van der Waals surface area contributed by atoms with Crippen LogP contribution in [0.2, 0.25) is 0 Å². The third-order valence-corrected chi connectivity index (χ3v) is 3.19. The summed E-state index contributed by atoms with van der Waals surface area (Å²) in [6, 6.07) is 6.35. The van der Waals surface area contributed by atoms with Gasteiger partial charge in [0.2, 0.25) is 0 Å². The summed E-state index contributed by atoms with van der Waals surface area (Å²) in [5.41, 5.74) is 0.229. The molecule has 0 N–H and O–H groups in total. The normalized spacial score (nSPS) is 10.5. The first-order chi connectivity index (χ1) is 10.1. The van der Waals surface area contributed by atoms with Crippen LogP contribution in [-0.2, 0) is 7.05 Å². The largest absolute Gasteiger partial charge is 0.318 e. The van der Waals surface area contributed by atoms with Crippen LogP contribution in [-0.4, -0.2) is 14.5 Å². The first kappa shape index (κ1) is 12.9. The first-order valence-electron chi connectivity index (χ1n) is 6.11. The smallest absolute Gasteiger partial charge is 0.258 e. The van der Waals surface area contributed by atoms with Gasteiger partial charge in [0.15, 0.2) is 5.82 Å². The van der Waals surface area contributed by atoms with Gasteiger partial charge in [-0.05, 0) is 23.6 Å². The second-order valence-electron chi connectivity index (χ2n) is 4.56. The fourth-order valence-electron chi connectivity index (χ4n) is 2.06. The number of fused-ring (bicyclic) bond motifs is 1. The molecule has 0 fully saturated rings. The lowest BCUT2D eigenvalue weighted by atomic mass is 10.1. The van der Waals surface area contributed by atoms with Crippen LogP contribution >= 0.6 is 0 Å². The number of aromatic nitrogens is 3. The van der Waals surface area contributed by atoms with E-state index < -0.39 is 5.82 Å². The Bertz CT molecular complexity index is 939. The van der Waals surface area contributed by atoms with Gasteiger partial charge in [-0.1, -0.05) is 0 Å². The lowest BCUT2D eigenvalue weighted by Crippen LogP contribution is -2.15. The summed E-state index contributed by atoms with van der Waals surface area (Å²) in [5.74, 6) is -0.399. The average molecular weight is 280 g/mol. The molecule has 2 heterocycles. The van der Waals surface area contributed by atoms with E-state index in [1.807, 2.05) is 6.07 Å². The van der Waals surface area contributed by atoms with Gasteiger partial charge in [-0.2, -0.15) is 5.26 Å². The third kappa shape index (κ3) is 2.15. The topological polar surface area (TPSA) is 71.6 Å². The van der Waals surface area contributed by atoms with E-state index in [1.54, 1.807) is 19.3 Å². The molecule has 3 rings (SSSR count). The van der Waals surface area contributed by atoms with E-state index in [1.165, 1.54) is 29.1 Å². The Balaban J connectivity index is 2.24. The summed E-state index contributed by atoms with van der Waals surface area (Å²) >= 11 is 0. The van der Waals surface area contributed by atoms with Gasteiger partial charge < -0.3 is 4.57 Å². The van der Waals surface area contributed by atoms with E-state index >= 15 is 0 Å². The molecule has 0 aliphatic rings. The molecule has 0 aliphatic carbocycles. The zero-order valence-electron chi connectivity index (χ0n) is 11.0. The van der Waals surface area contributed by atoms with Gasteiger partial charge in [-0.25, -0.2) is 14.4 Å². The van der Waals surface area contributed by atoms with Crippen molar-refractivity contribution >= 4 is 10.8 Å². The van der Waals surface area contributed by atoms with Crippen LogP contribution < -0.4 is 5.56 Å². The Labute approximate surface area is 118 Å². The summed E-state index contributed by atoms with van der Waals surface area (Å²) in [4.78, 5) is 19.9. The number of benzene rings is 1. The van der Waals surface area contributed by atoms with Gasteiger partial charge in [0.05, 0.1) is 16.5 Å². The molecule has 0 unspecified atom stereocenters. The predicted octanol–water partition coefficient (Wildman–Crippen LogP) is 2.01. The Morgan fingerprint density at radius 2 is 2.00 bits per heavy atom. The minimum Gasteiger partial charge on any atom is -0.318 e. The Morgan fingerprint density at radius 3 is 2.67 bits per heavy atom. The molecule has 5 nitrogen and oxygen atoms in total. The van der Waals surface area contributed by atoms with Crippen LogP contribution in [0.1, 0.15) is 5.56 Å². The SMILES string of the molecule is Cn1ccc2cc(-c3ncc(C#N)cn3)c(F)cc2c1=O. The zero-order valence-corrected chi connectivity index (χ0v) is 11.0. The van der Waals surface area contributed by atoms with Crippen LogP contribution in [0.15, 0.2) is 41.6 Å². The number of rotatable bonds is 1. The number of pyridine rings is 1. The van der Waals surface area contributed by atoms with Gasteiger partial charge in [0.25, 0.3) is 5.56 Å². The van der Waals surface area contributed by atoms with E-state index in [4.69, 9.17) is 5.26 Å². The van der Waals surface area contributed by atoms with Gasteiger partial charge in [-0.3, -0.25) is 4.79 Å². The van der Waals surface area contributed by atoms with Crippen LogP contribution in [0.4, 0.5) is 4.39 Å². The Kier molecular flexibility index (Phi) is 2.95. The molecule has 0 amide bonds. The van der Waals surface area contributed by atoms with Crippen LogP contribution in [0.25, 0.3) is 22.2 Å². The van der Waals surface area contributed by atoms with Crippen molar-refractivity contribution in [1.29, 1.82) is 5.26 Å². The van der Waals surface area contributed by atoms with Crippen LogP contribution in [0.5, 0.6) is 0 Å². The number of halogens is 1. The molecule has 0 saturated heterocycles. The standard InChI is InChI=1S/C15H9FN4O/c1-20-3-2-10-4-12(13(16)5-11(10)15(20)21)14-18-7-9(6-17)8-19-14/h2-5,7-8H,1H3. The van der Waals surface area contributed by atoms with Crippen molar-refractivity contribution in [3.05, 3.63) is 58.5 Å². The second-order valence-corrected chi connectivity index (χ2v) is 4.56. The zero-order chi connectivity index (χ0) is 15.0.